The molecule has 0 aliphatic carbocycles. The number of carbonyl (C=O) groups excluding carboxylic acids is 1. The zero-order chi connectivity index (χ0) is 21.3. The fourth-order valence-corrected chi connectivity index (χ4v) is 3.55. The highest BCUT2D eigenvalue weighted by molar-refractivity contribution is 6.04. The van der Waals surface area contributed by atoms with Crippen LogP contribution in [-0.2, 0) is 0 Å². The van der Waals surface area contributed by atoms with Gasteiger partial charge in [-0.25, -0.2) is 4.79 Å². The number of benzene rings is 3. The van der Waals surface area contributed by atoms with Crippen LogP contribution in [0.1, 0.15) is 21.5 Å². The molecule has 0 saturated carbocycles. The van der Waals surface area contributed by atoms with E-state index in [4.69, 9.17) is 9.15 Å². The minimum atomic E-state index is -0.445. The van der Waals surface area contributed by atoms with Crippen LogP contribution in [0.4, 0.5) is 5.69 Å². The smallest absolute Gasteiger partial charge is 0.344 e. The first-order valence-corrected chi connectivity index (χ1v) is 9.55. The van der Waals surface area contributed by atoms with Crippen LogP contribution in [0.2, 0.25) is 0 Å². The van der Waals surface area contributed by atoms with Crippen LogP contribution < -0.4 is 15.7 Å². The monoisotopic (exact) mass is 399 g/mol. The summed E-state index contributed by atoms with van der Waals surface area (Å²) in [5.41, 5.74) is 4.29. The first kappa shape index (κ1) is 19.5. The molecule has 1 aromatic heterocycles. The van der Waals surface area contributed by atoms with Crippen molar-refractivity contribution in [3.8, 4) is 16.9 Å². The Kier molecular flexibility index (Phi) is 5.11. The number of anilines is 1. The van der Waals surface area contributed by atoms with Gasteiger partial charge in [0.1, 0.15) is 11.3 Å². The Balaban J connectivity index is 1.69. The lowest BCUT2D eigenvalue weighted by atomic mass is 10.0. The molecule has 5 nitrogen and oxygen atoms in total. The lowest BCUT2D eigenvalue weighted by Crippen LogP contribution is -2.12. The first-order valence-electron chi connectivity index (χ1n) is 9.55. The maximum atomic E-state index is 12.7. The molecule has 0 atom stereocenters. The Labute approximate surface area is 173 Å². The maximum Gasteiger partial charge on any atom is 0.344 e. The molecule has 0 saturated heterocycles. The zero-order valence-electron chi connectivity index (χ0n) is 17.0. The number of methoxy groups -OCH3 is 1. The van der Waals surface area contributed by atoms with E-state index in [1.807, 2.05) is 50.2 Å². The maximum absolute atomic E-state index is 12.7. The Morgan fingerprint density at radius 1 is 0.900 bits per heavy atom. The molecule has 3 aromatic carbocycles. The topological polar surface area (TPSA) is 68.5 Å². The summed E-state index contributed by atoms with van der Waals surface area (Å²) >= 11 is 0. The summed E-state index contributed by atoms with van der Waals surface area (Å²) in [5.74, 6) is 0.262. The number of aryl methyl sites for hydroxylation is 2. The van der Waals surface area contributed by atoms with Crippen molar-refractivity contribution in [2.75, 3.05) is 12.4 Å². The van der Waals surface area contributed by atoms with Crippen LogP contribution in [0.3, 0.4) is 0 Å². The molecule has 0 aliphatic rings. The molecule has 150 valence electrons. The average molecular weight is 399 g/mol. The van der Waals surface area contributed by atoms with Crippen molar-refractivity contribution in [1.82, 2.24) is 0 Å². The molecule has 0 radical (unpaired) electrons. The molecule has 0 aliphatic heterocycles. The van der Waals surface area contributed by atoms with Crippen LogP contribution in [0, 0.1) is 13.8 Å². The third-order valence-corrected chi connectivity index (χ3v) is 4.87. The highest BCUT2D eigenvalue weighted by Crippen LogP contribution is 2.32. The molecule has 0 unspecified atom stereocenters. The van der Waals surface area contributed by atoms with Crippen molar-refractivity contribution in [1.29, 1.82) is 0 Å². The Morgan fingerprint density at radius 3 is 2.37 bits per heavy atom. The van der Waals surface area contributed by atoms with E-state index in [0.29, 0.717) is 33.7 Å². The van der Waals surface area contributed by atoms with E-state index in [1.54, 1.807) is 30.3 Å². The molecule has 5 heteroatoms. The third-order valence-electron chi connectivity index (χ3n) is 4.87. The summed E-state index contributed by atoms with van der Waals surface area (Å²) in [7, 11) is 1.52. The number of hydrogen-bond donors (Lipinski definition) is 1. The van der Waals surface area contributed by atoms with Crippen LogP contribution >= 0.6 is 0 Å². The van der Waals surface area contributed by atoms with Crippen LogP contribution in [0.15, 0.2) is 75.9 Å². The van der Waals surface area contributed by atoms with Crippen LogP contribution in [0.25, 0.3) is 22.1 Å². The molecule has 0 spiro atoms. The molecular weight excluding hydrogens is 378 g/mol. The van der Waals surface area contributed by atoms with E-state index >= 15 is 0 Å². The largest absolute Gasteiger partial charge is 0.496 e. The Morgan fingerprint density at radius 2 is 1.63 bits per heavy atom. The second kappa shape index (κ2) is 7.87. The lowest BCUT2D eigenvalue weighted by Gasteiger charge is -2.12. The fourth-order valence-electron chi connectivity index (χ4n) is 3.55. The molecule has 4 rings (SSSR count). The van der Waals surface area contributed by atoms with E-state index < -0.39 is 5.63 Å². The van der Waals surface area contributed by atoms with Gasteiger partial charge in [-0.3, -0.25) is 4.79 Å². The number of ether oxygens (including phenoxy) is 1. The van der Waals surface area contributed by atoms with E-state index in [1.165, 1.54) is 7.11 Å². The van der Waals surface area contributed by atoms with Gasteiger partial charge in [0.25, 0.3) is 5.91 Å². The number of carbonyl (C=O) groups is 1. The molecule has 4 aromatic rings. The fraction of sp³-hybridized carbons (Fsp3) is 0.120. The van der Waals surface area contributed by atoms with Crippen molar-refractivity contribution < 1.29 is 13.9 Å². The summed E-state index contributed by atoms with van der Waals surface area (Å²) in [6.45, 7) is 3.91. The Hall–Kier alpha value is -3.86. The van der Waals surface area contributed by atoms with Gasteiger partial charge in [-0.1, -0.05) is 35.4 Å². The minimum absolute atomic E-state index is 0.207. The third kappa shape index (κ3) is 3.82. The minimum Gasteiger partial charge on any atom is -0.496 e. The number of amides is 1. The van der Waals surface area contributed by atoms with E-state index in [2.05, 4.69) is 5.32 Å². The van der Waals surface area contributed by atoms with Gasteiger partial charge in [0.15, 0.2) is 0 Å². The van der Waals surface area contributed by atoms with Gasteiger partial charge in [-0.05, 0) is 50.2 Å². The number of rotatable bonds is 4. The summed E-state index contributed by atoms with van der Waals surface area (Å²) < 4.78 is 10.9. The summed E-state index contributed by atoms with van der Waals surface area (Å²) in [6, 6.07) is 20.0. The number of para-hydroxylation sites is 1. The average Bonchev–Trinajstić information content (AvgIpc) is 2.72. The van der Waals surface area contributed by atoms with E-state index in [0.717, 1.165) is 16.5 Å². The van der Waals surface area contributed by atoms with Gasteiger partial charge in [0.2, 0.25) is 0 Å². The SMILES string of the molecule is COc1cc(NC(=O)c2cc(C)cc(C)c2)ccc1-c1cc2ccccc2oc1=O. The molecule has 0 fully saturated rings. The number of nitrogens with one attached hydrogen (secondary N) is 1. The molecule has 1 heterocycles. The van der Waals surface area contributed by atoms with Crippen molar-refractivity contribution in [3.63, 3.8) is 0 Å². The van der Waals surface area contributed by atoms with Gasteiger partial charge in [0.05, 0.1) is 12.7 Å². The molecule has 0 bridgehead atoms. The quantitative estimate of drug-likeness (QED) is 0.471. The number of hydrogen-bond acceptors (Lipinski definition) is 4. The number of fused-ring (bicyclic) bond motifs is 1. The Bertz CT molecular complexity index is 1300. The van der Waals surface area contributed by atoms with Crippen molar-refractivity contribution in [3.05, 3.63) is 93.8 Å². The molecular formula is C25H21NO4. The normalized spacial score (nSPS) is 10.8. The van der Waals surface area contributed by atoms with Gasteiger partial charge < -0.3 is 14.5 Å². The predicted molar refractivity (Wildman–Crippen MR) is 118 cm³/mol. The van der Waals surface area contributed by atoms with Crippen molar-refractivity contribution in [2.45, 2.75) is 13.8 Å². The second-order valence-electron chi connectivity index (χ2n) is 7.23. The van der Waals surface area contributed by atoms with Crippen molar-refractivity contribution in [2.24, 2.45) is 0 Å². The van der Waals surface area contributed by atoms with Crippen LogP contribution in [-0.4, -0.2) is 13.0 Å². The highest BCUT2D eigenvalue weighted by atomic mass is 16.5. The molecule has 1 N–H and O–H groups in total. The van der Waals surface area contributed by atoms with Gasteiger partial charge in [-0.15, -0.1) is 0 Å². The predicted octanol–water partition coefficient (Wildman–Crippen LogP) is 5.34. The summed E-state index contributed by atoms with van der Waals surface area (Å²) in [5, 5.41) is 3.71. The zero-order valence-corrected chi connectivity index (χ0v) is 17.0. The second-order valence-corrected chi connectivity index (χ2v) is 7.23. The van der Waals surface area contributed by atoms with E-state index in [9.17, 15) is 9.59 Å². The molecule has 1 amide bonds. The lowest BCUT2D eigenvalue weighted by molar-refractivity contribution is 0.102. The highest BCUT2D eigenvalue weighted by Gasteiger charge is 2.15. The van der Waals surface area contributed by atoms with E-state index in [-0.39, 0.29) is 5.91 Å². The van der Waals surface area contributed by atoms with Gasteiger partial charge in [-0.2, -0.15) is 0 Å². The van der Waals surface area contributed by atoms with Gasteiger partial charge in [0, 0.05) is 28.3 Å². The van der Waals surface area contributed by atoms with Gasteiger partial charge >= 0.3 is 5.63 Å². The standard InChI is InChI=1S/C25H21NO4/c1-15-10-16(2)12-18(11-15)24(27)26-19-8-9-20(23(14-19)29-3)21-13-17-6-4-5-7-22(17)30-25(21)28/h4-14H,1-3H3,(H,26,27). The first-order chi connectivity index (χ1) is 14.4. The molecule has 30 heavy (non-hydrogen) atoms. The van der Waals surface area contributed by atoms with Crippen LogP contribution in [0.5, 0.6) is 5.75 Å². The van der Waals surface area contributed by atoms with Crippen molar-refractivity contribution >= 4 is 22.6 Å². The summed E-state index contributed by atoms with van der Waals surface area (Å²) in [4.78, 5) is 25.2. The summed E-state index contributed by atoms with van der Waals surface area (Å²) in [6.07, 6.45) is 0.